The normalized spacial score (nSPS) is 10.3. The van der Waals surface area contributed by atoms with Gasteiger partial charge in [-0.3, -0.25) is 0 Å². The van der Waals surface area contributed by atoms with Gasteiger partial charge in [-0.2, -0.15) is 0 Å². The van der Waals surface area contributed by atoms with Crippen LogP contribution in [0.5, 0.6) is 0 Å². The first-order valence-corrected chi connectivity index (χ1v) is 4.28. The van der Waals surface area contributed by atoms with Gasteiger partial charge in [-0.25, -0.2) is 0 Å². The average molecular weight is 226 g/mol. The summed E-state index contributed by atoms with van der Waals surface area (Å²) in [5.74, 6) is 0. The van der Waals surface area contributed by atoms with Crippen LogP contribution in [0.15, 0.2) is 0 Å². The van der Waals surface area contributed by atoms with E-state index >= 15 is 0 Å². The van der Waals surface area contributed by atoms with Crippen molar-refractivity contribution in [2.75, 3.05) is 11.5 Å². The Morgan fingerprint density at radius 1 is 0.833 bits per heavy atom. The summed E-state index contributed by atoms with van der Waals surface area (Å²) in [5, 5.41) is 0.820. The molecule has 0 fully saturated rings. The van der Waals surface area contributed by atoms with Crippen molar-refractivity contribution in [3.05, 3.63) is 20.6 Å². The third-order valence-electron chi connectivity index (χ3n) is 1.65. The summed E-state index contributed by atoms with van der Waals surface area (Å²) in [6, 6.07) is 0. The van der Waals surface area contributed by atoms with Gasteiger partial charge < -0.3 is 11.5 Å². The van der Waals surface area contributed by atoms with Crippen LogP contribution in [0.2, 0.25) is 15.1 Å². The minimum absolute atomic E-state index is 0.213. The molecule has 0 saturated heterocycles. The zero-order valence-corrected chi connectivity index (χ0v) is 8.56. The number of benzene rings is 1. The van der Waals surface area contributed by atoms with Gasteiger partial charge in [0.15, 0.2) is 0 Å². The van der Waals surface area contributed by atoms with Gasteiger partial charge in [0, 0.05) is 0 Å². The van der Waals surface area contributed by atoms with Crippen molar-refractivity contribution >= 4 is 46.2 Å². The predicted octanol–water partition coefficient (Wildman–Crippen LogP) is 3.12. The number of nitrogen functional groups attached to an aromatic ring is 2. The Morgan fingerprint density at radius 2 is 1.33 bits per heavy atom. The van der Waals surface area contributed by atoms with Crippen LogP contribution in [0.4, 0.5) is 11.4 Å². The Morgan fingerprint density at radius 3 is 1.83 bits per heavy atom. The summed E-state index contributed by atoms with van der Waals surface area (Å²) in [6.07, 6.45) is 0. The van der Waals surface area contributed by atoms with Gasteiger partial charge in [-0.15, -0.1) is 0 Å². The highest BCUT2D eigenvalue weighted by Crippen LogP contribution is 2.41. The molecule has 0 aliphatic heterocycles. The maximum atomic E-state index is 5.81. The van der Waals surface area contributed by atoms with E-state index in [9.17, 15) is 0 Å². The van der Waals surface area contributed by atoms with Crippen LogP contribution in [-0.2, 0) is 0 Å². The van der Waals surface area contributed by atoms with Gasteiger partial charge >= 0.3 is 0 Å². The summed E-state index contributed by atoms with van der Waals surface area (Å²) in [7, 11) is 0. The molecule has 1 aromatic carbocycles. The van der Waals surface area contributed by atoms with E-state index in [0.717, 1.165) is 0 Å². The van der Waals surface area contributed by atoms with E-state index in [1.165, 1.54) is 0 Å². The second-order valence-electron chi connectivity index (χ2n) is 2.39. The van der Waals surface area contributed by atoms with Crippen molar-refractivity contribution in [2.45, 2.75) is 6.92 Å². The number of halogens is 3. The number of anilines is 2. The molecule has 66 valence electrons. The number of hydrogen-bond donors (Lipinski definition) is 2. The third-order valence-corrected chi connectivity index (χ3v) is 3.08. The first kappa shape index (κ1) is 9.78. The van der Waals surface area contributed by atoms with Crippen molar-refractivity contribution in [3.8, 4) is 0 Å². The molecule has 0 radical (unpaired) electrons. The first-order valence-electron chi connectivity index (χ1n) is 3.14. The molecular weight excluding hydrogens is 218 g/mol. The highest BCUT2D eigenvalue weighted by molar-refractivity contribution is 6.50. The van der Waals surface area contributed by atoms with E-state index in [4.69, 9.17) is 46.3 Å². The third kappa shape index (κ3) is 1.30. The molecular formula is C7H7Cl3N2. The van der Waals surface area contributed by atoms with Crippen molar-refractivity contribution < 1.29 is 0 Å². The minimum Gasteiger partial charge on any atom is -0.397 e. The fourth-order valence-corrected chi connectivity index (χ4v) is 1.50. The number of hydrogen-bond acceptors (Lipinski definition) is 2. The summed E-state index contributed by atoms with van der Waals surface area (Å²) >= 11 is 17.3. The van der Waals surface area contributed by atoms with Gasteiger partial charge in [0.25, 0.3) is 0 Å². The minimum atomic E-state index is 0.213. The second kappa shape index (κ2) is 3.21. The molecule has 0 aromatic heterocycles. The van der Waals surface area contributed by atoms with Gasteiger partial charge in [-0.05, 0) is 12.5 Å². The molecule has 5 heteroatoms. The van der Waals surface area contributed by atoms with Crippen LogP contribution >= 0.6 is 34.8 Å². The first-order chi connectivity index (χ1) is 5.46. The highest BCUT2D eigenvalue weighted by atomic mass is 35.5. The molecule has 1 rings (SSSR count). The van der Waals surface area contributed by atoms with E-state index < -0.39 is 0 Å². The largest absolute Gasteiger partial charge is 0.397 e. The Bertz CT molecular complexity index is 231. The van der Waals surface area contributed by atoms with E-state index in [1.54, 1.807) is 6.92 Å². The van der Waals surface area contributed by atoms with Crippen LogP contribution in [0, 0.1) is 6.92 Å². The predicted molar refractivity (Wildman–Crippen MR) is 55.0 cm³/mol. The van der Waals surface area contributed by atoms with Crippen LogP contribution < -0.4 is 11.5 Å². The van der Waals surface area contributed by atoms with E-state index in [0.29, 0.717) is 16.3 Å². The molecule has 0 unspecified atom stereocenters. The zero-order valence-electron chi connectivity index (χ0n) is 6.29. The fourth-order valence-electron chi connectivity index (χ4n) is 0.818. The van der Waals surface area contributed by atoms with Crippen molar-refractivity contribution in [1.82, 2.24) is 0 Å². The van der Waals surface area contributed by atoms with Gasteiger partial charge in [-0.1, -0.05) is 34.8 Å². The summed E-state index contributed by atoms with van der Waals surface area (Å²) in [5.41, 5.74) is 12.5. The van der Waals surface area contributed by atoms with E-state index in [-0.39, 0.29) is 15.7 Å². The molecule has 0 atom stereocenters. The lowest BCUT2D eigenvalue weighted by molar-refractivity contribution is 1.47. The van der Waals surface area contributed by atoms with Crippen LogP contribution in [0.1, 0.15) is 5.56 Å². The molecule has 0 aliphatic rings. The maximum absolute atomic E-state index is 5.81. The van der Waals surface area contributed by atoms with Gasteiger partial charge in [0.2, 0.25) is 0 Å². The van der Waals surface area contributed by atoms with Gasteiger partial charge in [0.05, 0.1) is 26.4 Å². The van der Waals surface area contributed by atoms with E-state index in [1.807, 2.05) is 0 Å². The van der Waals surface area contributed by atoms with Crippen LogP contribution in [-0.4, -0.2) is 0 Å². The van der Waals surface area contributed by atoms with E-state index in [2.05, 4.69) is 0 Å². The molecule has 0 bridgehead atoms. The smallest absolute Gasteiger partial charge is 0.0858 e. The van der Waals surface area contributed by atoms with Crippen molar-refractivity contribution in [2.24, 2.45) is 0 Å². The van der Waals surface area contributed by atoms with Crippen LogP contribution in [0.3, 0.4) is 0 Å². The molecule has 2 nitrogen and oxygen atoms in total. The highest BCUT2D eigenvalue weighted by Gasteiger charge is 2.14. The summed E-state index contributed by atoms with van der Waals surface area (Å²) in [4.78, 5) is 0. The van der Waals surface area contributed by atoms with Gasteiger partial charge in [0.1, 0.15) is 0 Å². The quantitative estimate of drug-likeness (QED) is 0.526. The number of nitrogens with two attached hydrogens (primary N) is 2. The van der Waals surface area contributed by atoms with Crippen LogP contribution in [0.25, 0.3) is 0 Å². The number of rotatable bonds is 0. The lowest BCUT2D eigenvalue weighted by Gasteiger charge is -2.10. The molecule has 0 spiro atoms. The standard InChI is InChI=1S/C7H7Cl3N2/c1-2-3(8)4(9)5(10)7(12)6(2)11/h11-12H2,1H3. The summed E-state index contributed by atoms with van der Waals surface area (Å²) < 4.78 is 0. The Balaban J connectivity index is 3.60. The molecule has 4 N–H and O–H groups in total. The Hall–Kier alpha value is -0.310. The molecule has 12 heavy (non-hydrogen) atoms. The molecule has 0 saturated carbocycles. The Labute approximate surface area is 85.4 Å². The topological polar surface area (TPSA) is 52.0 Å². The molecule has 1 aromatic rings. The molecule has 0 amide bonds. The zero-order chi connectivity index (χ0) is 9.46. The Kier molecular flexibility index (Phi) is 2.61. The fraction of sp³-hybridized carbons (Fsp3) is 0.143. The van der Waals surface area contributed by atoms with Crippen molar-refractivity contribution in [3.63, 3.8) is 0 Å². The maximum Gasteiger partial charge on any atom is 0.0858 e. The molecule has 0 aliphatic carbocycles. The summed E-state index contributed by atoms with van der Waals surface area (Å²) in [6.45, 7) is 1.73. The monoisotopic (exact) mass is 224 g/mol. The molecule has 0 heterocycles. The SMILES string of the molecule is Cc1c(N)c(N)c(Cl)c(Cl)c1Cl. The van der Waals surface area contributed by atoms with Crippen molar-refractivity contribution in [1.29, 1.82) is 0 Å². The lowest BCUT2D eigenvalue weighted by Crippen LogP contribution is -1.99. The average Bonchev–Trinajstić information content (AvgIpc) is 2.08. The lowest BCUT2D eigenvalue weighted by atomic mass is 10.2. The second-order valence-corrected chi connectivity index (χ2v) is 3.53.